The summed E-state index contributed by atoms with van der Waals surface area (Å²) in [5.41, 5.74) is 5.47. The average Bonchev–Trinajstić information content (AvgIpc) is 3.12. The molecule has 2 N–H and O–H groups in total. The minimum Gasteiger partial charge on any atom is -0.393 e. The molecule has 0 aromatic heterocycles. The van der Waals surface area contributed by atoms with Gasteiger partial charge in [0, 0.05) is 23.5 Å². The molecule has 0 heterocycles. The average molecular weight is 398 g/mol. The van der Waals surface area contributed by atoms with Gasteiger partial charge < -0.3 is 5.73 Å². The molecule has 0 bridgehead atoms. The summed E-state index contributed by atoms with van der Waals surface area (Å²) in [6.07, 6.45) is 2.11. The van der Waals surface area contributed by atoms with E-state index in [0.717, 1.165) is 17.3 Å². The van der Waals surface area contributed by atoms with Crippen LogP contribution in [-0.2, 0) is 10.0 Å². The molecule has 0 radical (unpaired) electrons. The number of hydrogen-bond acceptors (Lipinski definition) is 3. The van der Waals surface area contributed by atoms with Crippen molar-refractivity contribution in [3.05, 3.63) is 27.7 Å². The number of benzene rings is 1. The van der Waals surface area contributed by atoms with Crippen LogP contribution in [0.1, 0.15) is 19.3 Å². The maximum Gasteiger partial charge on any atom is 0.244 e. The summed E-state index contributed by atoms with van der Waals surface area (Å²) in [6, 6.07) is 4.79. The second-order valence-corrected chi connectivity index (χ2v) is 8.34. The highest BCUT2D eigenvalue weighted by Crippen LogP contribution is 2.35. The van der Waals surface area contributed by atoms with Crippen molar-refractivity contribution in [2.75, 3.05) is 6.54 Å². The van der Waals surface area contributed by atoms with Gasteiger partial charge in [0.15, 0.2) is 0 Å². The molecular weight excluding hydrogens is 384 g/mol. The van der Waals surface area contributed by atoms with E-state index in [-0.39, 0.29) is 16.0 Å². The Bertz CT molecular complexity index is 632. The molecule has 0 spiro atoms. The standard InChI is InChI=1S/C12H14BrClN2O2S2/c13-8-1-4-11(10(14)7-8)20(17,18)16(9-2-3-9)6-5-12(15)19/h1,4,7,9H,2-3,5-6H2,(H2,15,19). The van der Waals surface area contributed by atoms with E-state index in [9.17, 15) is 8.42 Å². The smallest absolute Gasteiger partial charge is 0.244 e. The highest BCUT2D eigenvalue weighted by molar-refractivity contribution is 9.10. The lowest BCUT2D eigenvalue weighted by molar-refractivity contribution is 0.413. The largest absolute Gasteiger partial charge is 0.393 e. The Kier molecular flexibility index (Phi) is 5.07. The van der Waals surface area contributed by atoms with Gasteiger partial charge in [-0.1, -0.05) is 39.7 Å². The normalized spacial score (nSPS) is 15.6. The first-order valence-electron chi connectivity index (χ1n) is 6.07. The number of nitrogens with two attached hydrogens (primary N) is 1. The van der Waals surface area contributed by atoms with Gasteiger partial charge in [-0.25, -0.2) is 8.42 Å². The van der Waals surface area contributed by atoms with Gasteiger partial charge in [-0.3, -0.25) is 0 Å². The first kappa shape index (κ1) is 16.2. The van der Waals surface area contributed by atoms with Crippen molar-refractivity contribution >= 4 is 54.8 Å². The zero-order valence-corrected chi connectivity index (χ0v) is 14.5. The molecule has 2 rings (SSSR count). The number of thiocarbonyl (C=S) groups is 1. The van der Waals surface area contributed by atoms with Gasteiger partial charge >= 0.3 is 0 Å². The quantitative estimate of drug-likeness (QED) is 0.750. The van der Waals surface area contributed by atoms with Crippen LogP contribution >= 0.6 is 39.7 Å². The fourth-order valence-corrected chi connectivity index (χ4v) is 4.68. The van der Waals surface area contributed by atoms with Crippen molar-refractivity contribution in [2.24, 2.45) is 5.73 Å². The van der Waals surface area contributed by atoms with Crippen molar-refractivity contribution in [2.45, 2.75) is 30.2 Å². The third-order valence-corrected chi connectivity index (χ3v) is 6.15. The van der Waals surface area contributed by atoms with Gasteiger partial charge in [0.05, 0.1) is 10.0 Å². The van der Waals surface area contributed by atoms with E-state index in [1.54, 1.807) is 12.1 Å². The summed E-state index contributed by atoms with van der Waals surface area (Å²) in [5.74, 6) is 0. The molecule has 4 nitrogen and oxygen atoms in total. The van der Waals surface area contributed by atoms with Crippen LogP contribution in [0.5, 0.6) is 0 Å². The molecule has 1 aromatic rings. The predicted octanol–water partition coefficient (Wildman–Crippen LogP) is 2.93. The Morgan fingerprint density at radius 1 is 1.50 bits per heavy atom. The van der Waals surface area contributed by atoms with Gasteiger partial charge in [-0.15, -0.1) is 0 Å². The Morgan fingerprint density at radius 2 is 2.15 bits per heavy atom. The van der Waals surface area contributed by atoms with E-state index < -0.39 is 10.0 Å². The lowest BCUT2D eigenvalue weighted by Gasteiger charge is -2.22. The molecule has 0 atom stereocenters. The molecule has 1 aromatic carbocycles. The summed E-state index contributed by atoms with van der Waals surface area (Å²) in [7, 11) is -3.62. The fourth-order valence-electron chi connectivity index (χ4n) is 1.89. The number of rotatable bonds is 6. The molecule has 20 heavy (non-hydrogen) atoms. The number of hydrogen-bond donors (Lipinski definition) is 1. The van der Waals surface area contributed by atoms with E-state index in [0.29, 0.717) is 18.0 Å². The summed E-state index contributed by atoms with van der Waals surface area (Å²) < 4.78 is 27.6. The number of halogens is 2. The van der Waals surface area contributed by atoms with Crippen LogP contribution in [0.4, 0.5) is 0 Å². The molecule has 0 aliphatic heterocycles. The zero-order valence-electron chi connectivity index (χ0n) is 10.6. The lowest BCUT2D eigenvalue weighted by atomic mass is 10.4. The van der Waals surface area contributed by atoms with E-state index >= 15 is 0 Å². The Balaban J connectivity index is 2.32. The van der Waals surface area contributed by atoms with Gasteiger partial charge in [-0.2, -0.15) is 4.31 Å². The molecule has 0 unspecified atom stereocenters. The van der Waals surface area contributed by atoms with Crippen molar-refractivity contribution in [1.82, 2.24) is 4.31 Å². The van der Waals surface area contributed by atoms with Crippen molar-refractivity contribution in [3.63, 3.8) is 0 Å². The highest BCUT2D eigenvalue weighted by atomic mass is 79.9. The first-order valence-corrected chi connectivity index (χ1v) is 9.09. The molecule has 0 amide bonds. The van der Waals surface area contributed by atoms with E-state index in [1.807, 2.05) is 0 Å². The third-order valence-electron chi connectivity index (χ3n) is 3.01. The van der Waals surface area contributed by atoms with E-state index in [4.69, 9.17) is 29.6 Å². The molecule has 8 heteroatoms. The summed E-state index contributed by atoms with van der Waals surface area (Å²) in [5, 5.41) is 0.209. The Morgan fingerprint density at radius 3 is 2.65 bits per heavy atom. The minimum absolute atomic E-state index is 0.0362. The maximum atomic E-state index is 12.7. The predicted molar refractivity (Wildman–Crippen MR) is 87.5 cm³/mol. The van der Waals surface area contributed by atoms with Crippen molar-refractivity contribution in [1.29, 1.82) is 0 Å². The molecule has 1 aliphatic carbocycles. The molecule has 110 valence electrons. The number of sulfonamides is 1. The van der Waals surface area contributed by atoms with Gasteiger partial charge in [0.2, 0.25) is 10.0 Å². The summed E-state index contributed by atoms with van der Waals surface area (Å²) in [4.78, 5) is 0.435. The Labute approximate surface area is 137 Å². The van der Waals surface area contributed by atoms with E-state index in [1.165, 1.54) is 10.4 Å². The topological polar surface area (TPSA) is 63.4 Å². The van der Waals surface area contributed by atoms with Crippen molar-refractivity contribution in [3.8, 4) is 0 Å². The van der Waals surface area contributed by atoms with Crippen LogP contribution in [0, 0.1) is 0 Å². The van der Waals surface area contributed by atoms with Crippen LogP contribution < -0.4 is 5.73 Å². The SMILES string of the molecule is NC(=S)CCN(C1CC1)S(=O)(=O)c1ccc(Br)cc1Cl. The van der Waals surface area contributed by atoms with Gasteiger partial charge in [0.25, 0.3) is 0 Å². The molecule has 1 saturated carbocycles. The lowest BCUT2D eigenvalue weighted by Crippen LogP contribution is -2.35. The van der Waals surface area contributed by atoms with Crippen LogP contribution in [0.2, 0.25) is 5.02 Å². The van der Waals surface area contributed by atoms with Crippen LogP contribution in [0.3, 0.4) is 0 Å². The van der Waals surface area contributed by atoms with Crippen LogP contribution in [-0.4, -0.2) is 30.3 Å². The minimum atomic E-state index is -3.62. The zero-order chi connectivity index (χ0) is 14.9. The fraction of sp³-hybridized carbons (Fsp3) is 0.417. The second kappa shape index (κ2) is 6.27. The second-order valence-electron chi connectivity index (χ2n) is 4.64. The molecule has 0 saturated heterocycles. The first-order chi connectivity index (χ1) is 9.32. The highest BCUT2D eigenvalue weighted by Gasteiger charge is 2.38. The maximum absolute atomic E-state index is 12.7. The van der Waals surface area contributed by atoms with Crippen LogP contribution in [0.15, 0.2) is 27.6 Å². The number of nitrogens with zero attached hydrogens (tertiary/aromatic N) is 1. The monoisotopic (exact) mass is 396 g/mol. The Hall–Kier alpha value is -0.210. The van der Waals surface area contributed by atoms with Gasteiger partial charge in [-0.05, 0) is 31.0 Å². The van der Waals surface area contributed by atoms with Crippen LogP contribution in [0.25, 0.3) is 0 Å². The van der Waals surface area contributed by atoms with Gasteiger partial charge in [0.1, 0.15) is 4.90 Å². The molecular formula is C12H14BrClN2O2S2. The summed E-state index contributed by atoms with van der Waals surface area (Å²) >= 11 is 14.2. The molecule has 1 aliphatic rings. The van der Waals surface area contributed by atoms with E-state index in [2.05, 4.69) is 15.9 Å². The third kappa shape index (κ3) is 3.71. The van der Waals surface area contributed by atoms with Crippen molar-refractivity contribution < 1.29 is 8.42 Å². The molecule has 1 fully saturated rings. The summed E-state index contributed by atoms with van der Waals surface area (Å²) in [6.45, 7) is 0.300.